The van der Waals surface area contributed by atoms with Gasteiger partial charge in [0, 0.05) is 31.0 Å². The minimum Gasteiger partial charge on any atom is -0.417 e. The molecule has 1 aromatic carbocycles. The smallest absolute Gasteiger partial charge is 0.246 e. The Balaban J connectivity index is 1.71. The van der Waals surface area contributed by atoms with Crippen molar-refractivity contribution in [1.29, 1.82) is 0 Å². The molecule has 228 valence electrons. The first-order chi connectivity index (χ1) is 20.3. The van der Waals surface area contributed by atoms with Gasteiger partial charge in [-0.25, -0.2) is 0 Å². The maximum atomic E-state index is 13.9. The van der Waals surface area contributed by atoms with Gasteiger partial charge in [-0.1, -0.05) is 44.9 Å². The lowest BCUT2D eigenvalue weighted by atomic mass is 9.93. The zero-order valence-electron chi connectivity index (χ0n) is 24.8. The summed E-state index contributed by atoms with van der Waals surface area (Å²) in [5.41, 5.74) is 1.60. The Morgan fingerprint density at radius 3 is 2.48 bits per heavy atom. The first-order valence-corrected chi connectivity index (χ1v) is 15.1. The van der Waals surface area contributed by atoms with Crippen molar-refractivity contribution in [3.05, 3.63) is 36.0 Å². The largest absolute Gasteiger partial charge is 0.417 e. The second-order valence-electron chi connectivity index (χ2n) is 11.4. The lowest BCUT2D eigenvalue weighted by Gasteiger charge is -2.39. The van der Waals surface area contributed by atoms with Crippen molar-refractivity contribution >= 4 is 40.8 Å². The van der Waals surface area contributed by atoms with Crippen LogP contribution in [0, 0.1) is 5.92 Å². The summed E-state index contributed by atoms with van der Waals surface area (Å²) in [6.07, 6.45) is 7.23. The molecule has 11 heteroatoms. The van der Waals surface area contributed by atoms with E-state index in [1.165, 1.54) is 0 Å². The summed E-state index contributed by atoms with van der Waals surface area (Å²) >= 11 is 0. The van der Waals surface area contributed by atoms with Crippen molar-refractivity contribution < 1.29 is 28.8 Å². The molecule has 5 atom stereocenters. The molecule has 0 bridgehead atoms. The summed E-state index contributed by atoms with van der Waals surface area (Å²) in [6, 6.07) is 4.13. The van der Waals surface area contributed by atoms with Crippen LogP contribution in [-0.4, -0.2) is 77.4 Å². The number of fused-ring (bicyclic) bond motifs is 2. The van der Waals surface area contributed by atoms with Crippen LogP contribution in [0.1, 0.15) is 70.8 Å². The molecule has 1 unspecified atom stereocenters. The third-order valence-corrected chi connectivity index (χ3v) is 8.58. The normalized spacial score (nSPS) is 24.5. The second kappa shape index (κ2) is 14.3. The van der Waals surface area contributed by atoms with Gasteiger partial charge in [0.2, 0.25) is 23.6 Å². The average molecular weight is 582 g/mol. The van der Waals surface area contributed by atoms with Gasteiger partial charge in [0.1, 0.15) is 37.6 Å². The summed E-state index contributed by atoms with van der Waals surface area (Å²) in [7, 11) is 1.55. The molecule has 3 N–H and O–H groups in total. The molecule has 0 aliphatic carbocycles. The van der Waals surface area contributed by atoms with E-state index >= 15 is 0 Å². The van der Waals surface area contributed by atoms with E-state index in [2.05, 4.69) is 16.0 Å². The van der Waals surface area contributed by atoms with Crippen LogP contribution in [0.15, 0.2) is 30.5 Å². The summed E-state index contributed by atoms with van der Waals surface area (Å²) in [6.45, 7) is 4.27. The number of carbonyl (C=O) groups excluding carboxylic acids is 5. The average Bonchev–Trinajstić information content (AvgIpc) is 3.36. The lowest BCUT2D eigenvalue weighted by molar-refractivity contribution is -0.147. The quantitative estimate of drug-likeness (QED) is 0.289. The molecule has 0 spiro atoms. The monoisotopic (exact) mass is 581 g/mol. The number of para-hydroxylation sites is 1. The van der Waals surface area contributed by atoms with Gasteiger partial charge in [-0.15, -0.1) is 0 Å². The van der Waals surface area contributed by atoms with Gasteiger partial charge >= 0.3 is 0 Å². The Kier molecular flexibility index (Phi) is 10.6. The number of rotatable bonds is 10. The first-order valence-electron chi connectivity index (χ1n) is 15.1. The Hall–Kier alpha value is -3.89. The predicted molar refractivity (Wildman–Crippen MR) is 157 cm³/mol. The second-order valence-corrected chi connectivity index (χ2v) is 11.4. The molecule has 0 radical (unpaired) electrons. The summed E-state index contributed by atoms with van der Waals surface area (Å²) < 4.78 is 1.61. The van der Waals surface area contributed by atoms with Gasteiger partial charge in [0.15, 0.2) is 0 Å². The fraction of sp³-hybridized carbons (Fsp3) is 0.581. The van der Waals surface area contributed by atoms with Crippen LogP contribution in [0.25, 0.3) is 10.9 Å². The van der Waals surface area contributed by atoms with Crippen molar-refractivity contribution in [2.24, 2.45) is 5.92 Å². The fourth-order valence-electron chi connectivity index (χ4n) is 5.93. The lowest BCUT2D eigenvalue weighted by Crippen LogP contribution is -2.64. The van der Waals surface area contributed by atoms with Crippen molar-refractivity contribution in [2.75, 3.05) is 13.7 Å². The van der Waals surface area contributed by atoms with Crippen molar-refractivity contribution in [3.8, 4) is 0 Å². The minimum atomic E-state index is -1.01. The summed E-state index contributed by atoms with van der Waals surface area (Å²) in [5, 5.41) is 9.62. The summed E-state index contributed by atoms with van der Waals surface area (Å²) in [4.78, 5) is 73.1. The molecule has 4 rings (SSSR count). The van der Waals surface area contributed by atoms with Crippen molar-refractivity contribution in [1.82, 2.24) is 25.6 Å². The van der Waals surface area contributed by atoms with Crippen LogP contribution in [0.2, 0.25) is 0 Å². The predicted octanol–water partition coefficient (Wildman–Crippen LogP) is 1.90. The molecular formula is C31H43N5O6. The molecule has 4 amide bonds. The summed E-state index contributed by atoms with van der Waals surface area (Å²) in [5.74, 6) is -1.77. The zero-order valence-corrected chi connectivity index (χ0v) is 24.8. The van der Waals surface area contributed by atoms with E-state index in [0.717, 1.165) is 35.6 Å². The number of nitrogens with one attached hydrogen (secondary N) is 3. The number of aromatic nitrogens is 1. The topological polar surface area (TPSA) is 139 Å². The van der Waals surface area contributed by atoms with E-state index < -0.39 is 36.0 Å². The van der Waals surface area contributed by atoms with Gasteiger partial charge in [-0.3, -0.25) is 19.2 Å². The van der Waals surface area contributed by atoms with E-state index in [-0.39, 0.29) is 24.2 Å². The van der Waals surface area contributed by atoms with E-state index in [1.54, 1.807) is 22.9 Å². The Bertz CT molecular complexity index is 1290. The Labute approximate surface area is 246 Å². The standard InChI is InChI=1S/C31H43N5O6/c1-4-20(2)27-31(41)35-16-10-9-15-26(35)30(40)32-23(13-6-5-11-17-37)28(38)33-24(29(39)34-27)18-21-19-36(42-3)25-14-8-7-12-22(21)25/h7-8,12,14,17,19-20,23-24,26-27H,4-6,9-11,13,15-16,18H2,1-3H3,(H,32,40)(H,33,38)(H,34,39)/t20?,23-,24-,26+,27-/m0/s1. The molecule has 2 aromatic rings. The maximum Gasteiger partial charge on any atom is 0.246 e. The van der Waals surface area contributed by atoms with Crippen LogP contribution in [0.3, 0.4) is 0 Å². The molecule has 11 nitrogen and oxygen atoms in total. The first kappa shape index (κ1) is 31.1. The molecule has 42 heavy (non-hydrogen) atoms. The van der Waals surface area contributed by atoms with E-state index in [1.807, 2.05) is 38.1 Å². The van der Waals surface area contributed by atoms with Crippen LogP contribution in [0.5, 0.6) is 0 Å². The number of hydrogen-bond donors (Lipinski definition) is 3. The number of nitrogens with zero attached hydrogens (tertiary/aromatic N) is 2. The van der Waals surface area contributed by atoms with Crippen LogP contribution < -0.4 is 20.8 Å². The van der Waals surface area contributed by atoms with Crippen LogP contribution >= 0.6 is 0 Å². The number of unbranched alkanes of at least 4 members (excludes halogenated alkanes) is 2. The highest BCUT2D eigenvalue weighted by Gasteiger charge is 2.40. The highest BCUT2D eigenvalue weighted by atomic mass is 16.6. The van der Waals surface area contributed by atoms with E-state index in [0.29, 0.717) is 45.1 Å². The van der Waals surface area contributed by atoms with Gasteiger partial charge in [-0.05, 0) is 49.7 Å². The number of piperidine rings is 1. The van der Waals surface area contributed by atoms with Gasteiger partial charge in [0.05, 0.1) is 5.52 Å². The van der Waals surface area contributed by atoms with Gasteiger partial charge in [-0.2, -0.15) is 4.73 Å². The molecule has 2 fully saturated rings. The van der Waals surface area contributed by atoms with Crippen LogP contribution in [-0.2, 0) is 30.4 Å². The molecule has 0 saturated carbocycles. The van der Waals surface area contributed by atoms with Crippen molar-refractivity contribution in [2.45, 2.75) is 95.8 Å². The maximum absolute atomic E-state index is 13.9. The zero-order chi connectivity index (χ0) is 30.2. The molecule has 2 saturated heterocycles. The van der Waals surface area contributed by atoms with E-state index in [9.17, 15) is 24.0 Å². The molecule has 2 aliphatic rings. The highest BCUT2D eigenvalue weighted by molar-refractivity contribution is 5.98. The fourth-order valence-corrected chi connectivity index (χ4v) is 5.93. The minimum absolute atomic E-state index is 0.147. The molecule has 1 aromatic heterocycles. The third kappa shape index (κ3) is 6.94. The highest BCUT2D eigenvalue weighted by Crippen LogP contribution is 2.24. The number of hydrogen-bond acceptors (Lipinski definition) is 6. The van der Waals surface area contributed by atoms with Gasteiger partial charge < -0.3 is 30.5 Å². The number of benzene rings is 1. The number of amides is 4. The Morgan fingerprint density at radius 1 is 1.00 bits per heavy atom. The Morgan fingerprint density at radius 2 is 1.74 bits per heavy atom. The molecular weight excluding hydrogens is 538 g/mol. The number of aldehydes is 1. The molecule has 2 aliphatic heterocycles. The van der Waals surface area contributed by atoms with Crippen LogP contribution in [0.4, 0.5) is 0 Å². The van der Waals surface area contributed by atoms with E-state index in [4.69, 9.17) is 4.84 Å². The third-order valence-electron chi connectivity index (χ3n) is 8.58. The SMILES string of the molecule is CCC(C)[C@@H]1NC(=O)[C@H](Cc2cn(OC)c3ccccc23)NC(=O)[C@H](CCCCC=O)NC(=O)[C@H]2CCCCN2C1=O. The van der Waals surface area contributed by atoms with Gasteiger partial charge in [0.25, 0.3) is 0 Å². The molecule has 3 heterocycles. The van der Waals surface area contributed by atoms with Crippen molar-refractivity contribution in [3.63, 3.8) is 0 Å². The number of carbonyl (C=O) groups is 5.